The number of sulfone groups is 1. The third kappa shape index (κ3) is 7.04. The Labute approximate surface area is 220 Å². The lowest BCUT2D eigenvalue weighted by Crippen LogP contribution is -2.37. The molecule has 200 valence electrons. The van der Waals surface area contributed by atoms with Crippen molar-refractivity contribution in [1.82, 2.24) is 4.57 Å². The lowest BCUT2D eigenvalue weighted by atomic mass is 9.92. The number of fused-ring (bicyclic) bond motifs is 1. The summed E-state index contributed by atoms with van der Waals surface area (Å²) in [5.41, 5.74) is -0.0761. The maximum absolute atomic E-state index is 13.3. The van der Waals surface area contributed by atoms with Crippen LogP contribution < -0.4 is 15.1 Å². The highest BCUT2D eigenvalue weighted by molar-refractivity contribution is 7.90. The summed E-state index contributed by atoms with van der Waals surface area (Å²) < 4.78 is 75.8. The molecule has 7 nitrogen and oxygen atoms in total. The smallest absolute Gasteiger partial charge is 0.415 e. The monoisotopic (exact) mass is 546 g/mol. The molecule has 0 atom stereocenters. The van der Waals surface area contributed by atoms with Gasteiger partial charge in [0.15, 0.2) is 9.84 Å². The molecular formula is C26H26BF3N2O5S. The molecule has 2 radical (unpaired) electrons. The first-order valence-electron chi connectivity index (χ1n) is 11.3. The number of alkyl halides is 3. The van der Waals surface area contributed by atoms with Gasteiger partial charge in [-0.15, -0.1) is 0 Å². The lowest BCUT2D eigenvalue weighted by molar-refractivity contribution is -0.140. The van der Waals surface area contributed by atoms with Gasteiger partial charge in [-0.05, 0) is 56.3 Å². The van der Waals surface area contributed by atoms with E-state index in [1.165, 1.54) is 37.4 Å². The van der Waals surface area contributed by atoms with E-state index in [2.05, 4.69) is 11.8 Å². The number of carbonyl (C=O) groups is 1. The molecule has 0 unspecified atom stereocenters. The van der Waals surface area contributed by atoms with Crippen LogP contribution in [-0.2, 0) is 21.1 Å². The second kappa shape index (κ2) is 10.7. The molecule has 0 bridgehead atoms. The summed E-state index contributed by atoms with van der Waals surface area (Å²) in [6, 6.07) is 10.1. The maximum Gasteiger partial charge on any atom is 0.415 e. The van der Waals surface area contributed by atoms with Gasteiger partial charge in [0.05, 0.1) is 29.9 Å². The highest BCUT2D eigenvalue weighted by Gasteiger charge is 2.30. The second-order valence-electron chi connectivity index (χ2n) is 9.49. The molecule has 1 aromatic heterocycles. The first-order valence-corrected chi connectivity index (χ1v) is 13.2. The molecule has 0 fully saturated rings. The van der Waals surface area contributed by atoms with Crippen LogP contribution in [0.3, 0.4) is 0 Å². The number of hydrogen-bond acceptors (Lipinski definition) is 5. The minimum absolute atomic E-state index is 0.0254. The van der Waals surface area contributed by atoms with Crippen LogP contribution in [0.15, 0.2) is 47.4 Å². The van der Waals surface area contributed by atoms with Crippen molar-refractivity contribution in [2.45, 2.75) is 44.0 Å². The highest BCUT2D eigenvalue weighted by Crippen LogP contribution is 2.32. The Morgan fingerprint density at radius 1 is 1.13 bits per heavy atom. The highest BCUT2D eigenvalue weighted by atomic mass is 32.2. The Kier molecular flexibility index (Phi) is 8.12. The molecule has 12 heteroatoms. The van der Waals surface area contributed by atoms with E-state index < -0.39 is 34.3 Å². The number of rotatable bonds is 5. The third-order valence-electron chi connectivity index (χ3n) is 5.25. The first kappa shape index (κ1) is 29.0. The quantitative estimate of drug-likeness (QED) is 0.354. The zero-order chi connectivity index (χ0) is 28.5. The number of aromatic nitrogens is 1. The van der Waals surface area contributed by atoms with Crippen LogP contribution >= 0.6 is 0 Å². The number of methoxy groups -OCH3 is 1. The Morgan fingerprint density at radius 3 is 2.39 bits per heavy atom. The Morgan fingerprint density at radius 2 is 1.82 bits per heavy atom. The minimum atomic E-state index is -4.51. The zero-order valence-electron chi connectivity index (χ0n) is 21.5. The number of halogens is 3. The summed E-state index contributed by atoms with van der Waals surface area (Å²) in [4.78, 5) is 14.2. The number of anilines is 1. The second-order valence-corrected chi connectivity index (χ2v) is 11.5. The van der Waals surface area contributed by atoms with Gasteiger partial charge < -0.3 is 14.0 Å². The van der Waals surface area contributed by atoms with Gasteiger partial charge in [0.2, 0.25) is 0 Å². The molecule has 0 spiro atoms. The van der Waals surface area contributed by atoms with Gasteiger partial charge >= 0.3 is 12.3 Å². The molecule has 3 aromatic rings. The molecule has 3 rings (SSSR count). The summed E-state index contributed by atoms with van der Waals surface area (Å²) in [5.74, 6) is 5.53. The normalized spacial score (nSPS) is 12.1. The number of benzene rings is 2. The molecular weight excluding hydrogens is 520 g/mol. The van der Waals surface area contributed by atoms with Gasteiger partial charge in [-0.3, -0.25) is 4.90 Å². The molecule has 0 aliphatic heterocycles. The van der Waals surface area contributed by atoms with Crippen LogP contribution in [0.25, 0.3) is 10.9 Å². The van der Waals surface area contributed by atoms with Crippen molar-refractivity contribution in [3.8, 4) is 17.6 Å². The fourth-order valence-corrected chi connectivity index (χ4v) is 4.28. The number of ether oxygens (including phenoxy) is 2. The average molecular weight is 546 g/mol. The van der Waals surface area contributed by atoms with E-state index in [9.17, 15) is 26.4 Å². The lowest BCUT2D eigenvalue weighted by Gasteiger charge is -2.27. The summed E-state index contributed by atoms with van der Waals surface area (Å²) in [6.45, 7) is 3.42. The first-order chi connectivity index (χ1) is 17.5. The molecule has 0 N–H and O–H groups in total. The Hall–Kier alpha value is -3.59. The van der Waals surface area contributed by atoms with E-state index in [-0.39, 0.29) is 34.1 Å². The predicted octanol–water partition coefficient (Wildman–Crippen LogP) is 4.20. The number of amides is 1. The topological polar surface area (TPSA) is 77.8 Å². The van der Waals surface area contributed by atoms with Crippen LogP contribution in [0, 0.1) is 11.8 Å². The van der Waals surface area contributed by atoms with Crippen molar-refractivity contribution in [3.05, 3.63) is 48.2 Å². The van der Waals surface area contributed by atoms with Crippen molar-refractivity contribution < 1.29 is 35.9 Å². The summed E-state index contributed by atoms with van der Waals surface area (Å²) >= 11 is 0. The van der Waals surface area contributed by atoms with E-state index in [1.807, 2.05) is 0 Å². The van der Waals surface area contributed by atoms with Crippen LogP contribution in [0.5, 0.6) is 5.75 Å². The average Bonchev–Trinajstić information content (AvgIpc) is 3.11. The fraction of sp³-hybridized carbons (Fsp3) is 0.346. The number of hydrogen-bond donors (Lipinski definition) is 0. The van der Waals surface area contributed by atoms with Crippen molar-refractivity contribution >= 4 is 45.8 Å². The van der Waals surface area contributed by atoms with Gasteiger partial charge in [-0.2, -0.15) is 13.2 Å². The van der Waals surface area contributed by atoms with Crippen LogP contribution in [-0.4, -0.2) is 58.6 Å². The summed E-state index contributed by atoms with van der Waals surface area (Å²) in [6.07, 6.45) is -4.28. The molecule has 0 saturated carbocycles. The third-order valence-corrected chi connectivity index (χ3v) is 6.36. The molecule has 0 aliphatic carbocycles. The summed E-state index contributed by atoms with van der Waals surface area (Å²) in [7, 11) is 3.71. The number of nitrogens with zero attached hydrogens (tertiary/aromatic N) is 2. The Balaban J connectivity index is 2.08. The van der Waals surface area contributed by atoms with E-state index in [4.69, 9.17) is 17.3 Å². The van der Waals surface area contributed by atoms with Crippen LogP contribution in [0.4, 0.5) is 23.7 Å². The molecule has 0 saturated heterocycles. The van der Waals surface area contributed by atoms with Gasteiger partial charge in [-0.25, -0.2) is 13.2 Å². The van der Waals surface area contributed by atoms with Gasteiger partial charge in [0, 0.05) is 17.8 Å². The molecule has 1 heterocycles. The standard InChI is InChI=1S/C26H26BF3N2O5S/c1-25(2,3)37-24(33)31(22-12-11-18(38(5,34)35)15-23(22)36-4)13-7-8-17-14-19-20(27)9-6-10-21(19)32(17)16-26(28,29)30/h6,9-12,14-15H,13,16H2,1-5H3. The van der Waals surface area contributed by atoms with Crippen molar-refractivity contribution in [2.75, 3.05) is 24.8 Å². The van der Waals surface area contributed by atoms with E-state index in [0.717, 1.165) is 15.7 Å². The van der Waals surface area contributed by atoms with E-state index in [1.54, 1.807) is 32.9 Å². The number of carbonyl (C=O) groups excluding carboxylic acids is 1. The SMILES string of the molecule is [B]c1cccc2c1cc(C#CCN(C(=O)OC(C)(C)C)c1ccc(S(C)(=O)=O)cc1OC)n2CC(F)(F)F. The molecule has 38 heavy (non-hydrogen) atoms. The molecule has 0 aliphatic rings. The zero-order valence-corrected chi connectivity index (χ0v) is 22.3. The van der Waals surface area contributed by atoms with Crippen LogP contribution in [0.2, 0.25) is 0 Å². The predicted molar refractivity (Wildman–Crippen MR) is 140 cm³/mol. The largest absolute Gasteiger partial charge is 0.495 e. The fourth-order valence-electron chi connectivity index (χ4n) is 3.65. The van der Waals surface area contributed by atoms with Gasteiger partial charge in [0.25, 0.3) is 0 Å². The van der Waals surface area contributed by atoms with Crippen LogP contribution in [0.1, 0.15) is 26.5 Å². The van der Waals surface area contributed by atoms with Crippen molar-refractivity contribution in [3.63, 3.8) is 0 Å². The van der Waals surface area contributed by atoms with E-state index in [0.29, 0.717) is 10.8 Å². The van der Waals surface area contributed by atoms with Crippen molar-refractivity contribution in [2.24, 2.45) is 0 Å². The van der Waals surface area contributed by atoms with Gasteiger partial charge in [0.1, 0.15) is 25.7 Å². The van der Waals surface area contributed by atoms with Crippen molar-refractivity contribution in [1.29, 1.82) is 0 Å². The Bertz CT molecular complexity index is 1530. The molecule has 1 amide bonds. The molecule has 2 aromatic carbocycles. The van der Waals surface area contributed by atoms with E-state index >= 15 is 0 Å². The minimum Gasteiger partial charge on any atom is -0.495 e. The summed E-state index contributed by atoms with van der Waals surface area (Å²) in [5, 5.41) is 0.420. The van der Waals surface area contributed by atoms with Gasteiger partial charge in [-0.1, -0.05) is 23.5 Å². The maximum atomic E-state index is 13.3.